The van der Waals surface area contributed by atoms with E-state index in [4.69, 9.17) is 12.2 Å². The summed E-state index contributed by atoms with van der Waals surface area (Å²) in [6.07, 6.45) is 5.07. The van der Waals surface area contributed by atoms with Gasteiger partial charge >= 0.3 is 0 Å². The Morgan fingerprint density at radius 1 is 1.67 bits per heavy atom. The predicted octanol–water partition coefficient (Wildman–Crippen LogP) is 0.0613. The fraction of sp³-hybridized carbons (Fsp3) is 0.667. The van der Waals surface area contributed by atoms with Crippen LogP contribution >= 0.6 is 0 Å². The minimum atomic E-state index is -0.164. The molecule has 0 aliphatic rings. The molecule has 2 N–H and O–H groups in total. The van der Waals surface area contributed by atoms with E-state index in [1.54, 1.807) is 14.0 Å². The molecule has 68 valence electrons. The minimum Gasteiger partial charge on any atom is -0.334 e. The first-order chi connectivity index (χ1) is 5.50. The van der Waals surface area contributed by atoms with Crippen molar-refractivity contribution in [1.82, 2.24) is 4.90 Å². The molecule has 0 saturated carbocycles. The highest BCUT2D eigenvalue weighted by atomic mass is 16.2. The zero-order valence-electron chi connectivity index (χ0n) is 7.87. The standard InChI is InChI=1S/C9H16N2O/c1-5-6-11(4)9(12)7(2)8(3)10/h1,7-8H,6,10H2,2-4H3. The van der Waals surface area contributed by atoms with Crippen molar-refractivity contribution in [2.45, 2.75) is 19.9 Å². The van der Waals surface area contributed by atoms with Crippen LogP contribution in [0.3, 0.4) is 0 Å². The van der Waals surface area contributed by atoms with Crippen molar-refractivity contribution in [3.63, 3.8) is 0 Å². The second-order valence-electron chi connectivity index (χ2n) is 3.05. The van der Waals surface area contributed by atoms with E-state index in [2.05, 4.69) is 5.92 Å². The van der Waals surface area contributed by atoms with E-state index in [1.165, 1.54) is 4.90 Å². The highest BCUT2D eigenvalue weighted by Gasteiger charge is 2.19. The molecule has 3 nitrogen and oxygen atoms in total. The second kappa shape index (κ2) is 4.78. The van der Waals surface area contributed by atoms with Crippen molar-refractivity contribution in [2.75, 3.05) is 13.6 Å². The van der Waals surface area contributed by atoms with Crippen LogP contribution in [0.1, 0.15) is 13.8 Å². The molecule has 0 heterocycles. The van der Waals surface area contributed by atoms with Crippen LogP contribution in [0.25, 0.3) is 0 Å². The van der Waals surface area contributed by atoms with Crippen LogP contribution in [0.4, 0.5) is 0 Å². The molecule has 0 rings (SSSR count). The van der Waals surface area contributed by atoms with Crippen LogP contribution in [-0.2, 0) is 4.79 Å². The molecule has 0 aromatic rings. The summed E-state index contributed by atoms with van der Waals surface area (Å²) in [7, 11) is 1.68. The molecule has 0 aliphatic carbocycles. The van der Waals surface area contributed by atoms with E-state index in [0.29, 0.717) is 6.54 Å². The third kappa shape index (κ3) is 2.93. The van der Waals surface area contributed by atoms with E-state index in [-0.39, 0.29) is 17.9 Å². The number of nitrogens with two attached hydrogens (primary N) is 1. The summed E-state index contributed by atoms with van der Waals surface area (Å²) in [4.78, 5) is 12.9. The smallest absolute Gasteiger partial charge is 0.227 e. The van der Waals surface area contributed by atoms with Gasteiger partial charge in [-0.25, -0.2) is 0 Å². The largest absolute Gasteiger partial charge is 0.334 e. The number of rotatable bonds is 3. The van der Waals surface area contributed by atoms with Crippen molar-refractivity contribution in [3.8, 4) is 12.3 Å². The summed E-state index contributed by atoms with van der Waals surface area (Å²) in [6, 6.07) is -0.127. The molecule has 0 spiro atoms. The van der Waals surface area contributed by atoms with Gasteiger partial charge in [0.05, 0.1) is 12.5 Å². The van der Waals surface area contributed by atoms with Gasteiger partial charge in [0.1, 0.15) is 0 Å². The van der Waals surface area contributed by atoms with Crippen LogP contribution in [0, 0.1) is 18.3 Å². The molecule has 0 fully saturated rings. The normalized spacial score (nSPS) is 14.6. The molecule has 0 aromatic heterocycles. The second-order valence-corrected chi connectivity index (χ2v) is 3.05. The maximum Gasteiger partial charge on any atom is 0.227 e. The summed E-state index contributed by atoms with van der Waals surface area (Å²) < 4.78 is 0. The average Bonchev–Trinajstić information content (AvgIpc) is 2.02. The number of carbonyl (C=O) groups excluding carboxylic acids is 1. The number of carbonyl (C=O) groups is 1. The molecular formula is C9H16N2O. The molecule has 0 saturated heterocycles. The Kier molecular flexibility index (Phi) is 4.38. The topological polar surface area (TPSA) is 46.3 Å². The number of terminal acetylenes is 1. The Labute approximate surface area is 73.9 Å². The Morgan fingerprint density at radius 2 is 2.17 bits per heavy atom. The molecule has 0 aromatic carbocycles. The Morgan fingerprint density at radius 3 is 2.50 bits per heavy atom. The first-order valence-corrected chi connectivity index (χ1v) is 3.94. The van der Waals surface area contributed by atoms with E-state index < -0.39 is 0 Å². The third-order valence-electron chi connectivity index (χ3n) is 1.88. The van der Waals surface area contributed by atoms with Crippen molar-refractivity contribution in [3.05, 3.63) is 0 Å². The monoisotopic (exact) mass is 168 g/mol. The fourth-order valence-corrected chi connectivity index (χ4v) is 0.787. The average molecular weight is 168 g/mol. The van der Waals surface area contributed by atoms with Gasteiger partial charge in [0.25, 0.3) is 0 Å². The van der Waals surface area contributed by atoms with Gasteiger partial charge < -0.3 is 10.6 Å². The molecule has 0 radical (unpaired) electrons. The molecule has 2 atom stereocenters. The number of nitrogens with zero attached hydrogens (tertiary/aromatic N) is 1. The molecule has 1 amide bonds. The van der Waals surface area contributed by atoms with Crippen molar-refractivity contribution in [2.24, 2.45) is 11.7 Å². The molecule has 12 heavy (non-hydrogen) atoms. The van der Waals surface area contributed by atoms with Crippen molar-refractivity contribution >= 4 is 5.91 Å². The lowest BCUT2D eigenvalue weighted by Crippen LogP contribution is -2.39. The van der Waals surface area contributed by atoms with Gasteiger partial charge in [-0.2, -0.15) is 0 Å². The van der Waals surface area contributed by atoms with E-state index in [1.807, 2.05) is 6.92 Å². The van der Waals surface area contributed by atoms with Crippen LogP contribution in [0.15, 0.2) is 0 Å². The van der Waals surface area contributed by atoms with Gasteiger partial charge in [-0.05, 0) is 6.92 Å². The first kappa shape index (κ1) is 11.0. The number of hydrogen-bond donors (Lipinski definition) is 1. The Hall–Kier alpha value is -1.01. The van der Waals surface area contributed by atoms with Gasteiger partial charge in [0.15, 0.2) is 0 Å². The Balaban J connectivity index is 4.11. The van der Waals surface area contributed by atoms with E-state index >= 15 is 0 Å². The predicted molar refractivity (Wildman–Crippen MR) is 49.3 cm³/mol. The molecular weight excluding hydrogens is 152 g/mol. The van der Waals surface area contributed by atoms with E-state index in [0.717, 1.165) is 0 Å². The van der Waals surface area contributed by atoms with Gasteiger partial charge in [-0.1, -0.05) is 12.8 Å². The van der Waals surface area contributed by atoms with Gasteiger partial charge in [-0.3, -0.25) is 4.79 Å². The van der Waals surface area contributed by atoms with Crippen molar-refractivity contribution < 1.29 is 4.79 Å². The van der Waals surface area contributed by atoms with Crippen LogP contribution in [0.5, 0.6) is 0 Å². The minimum absolute atomic E-state index is 0.00273. The zero-order chi connectivity index (χ0) is 9.72. The molecule has 2 unspecified atom stereocenters. The summed E-state index contributed by atoms with van der Waals surface area (Å²) in [6.45, 7) is 3.96. The molecule has 3 heteroatoms. The van der Waals surface area contributed by atoms with E-state index in [9.17, 15) is 4.79 Å². The summed E-state index contributed by atoms with van der Waals surface area (Å²) in [5.74, 6) is 2.25. The lowest BCUT2D eigenvalue weighted by molar-refractivity contribution is -0.133. The SMILES string of the molecule is C#CCN(C)C(=O)C(C)C(C)N. The zero-order valence-corrected chi connectivity index (χ0v) is 7.87. The van der Waals surface area contributed by atoms with Gasteiger partial charge in [-0.15, -0.1) is 6.42 Å². The lowest BCUT2D eigenvalue weighted by atomic mass is 10.0. The quantitative estimate of drug-likeness (QED) is 0.606. The summed E-state index contributed by atoms with van der Waals surface area (Å²) in [5, 5.41) is 0. The van der Waals surface area contributed by atoms with Crippen LogP contribution in [-0.4, -0.2) is 30.4 Å². The molecule has 0 bridgehead atoms. The van der Waals surface area contributed by atoms with Crippen molar-refractivity contribution in [1.29, 1.82) is 0 Å². The summed E-state index contributed by atoms with van der Waals surface area (Å²) >= 11 is 0. The van der Waals surface area contributed by atoms with Gasteiger partial charge in [0, 0.05) is 13.1 Å². The summed E-state index contributed by atoms with van der Waals surface area (Å²) in [5.41, 5.74) is 5.57. The third-order valence-corrected chi connectivity index (χ3v) is 1.88. The van der Waals surface area contributed by atoms with Gasteiger partial charge in [0.2, 0.25) is 5.91 Å². The maximum atomic E-state index is 11.4. The number of hydrogen-bond acceptors (Lipinski definition) is 2. The van der Waals surface area contributed by atoms with Crippen LogP contribution in [0.2, 0.25) is 0 Å². The molecule has 0 aliphatic heterocycles. The highest BCUT2D eigenvalue weighted by Crippen LogP contribution is 2.03. The maximum absolute atomic E-state index is 11.4. The van der Waals surface area contributed by atoms with Crippen LogP contribution < -0.4 is 5.73 Å². The first-order valence-electron chi connectivity index (χ1n) is 3.94. The fourth-order valence-electron chi connectivity index (χ4n) is 0.787. The highest BCUT2D eigenvalue weighted by molar-refractivity contribution is 5.79. The number of amides is 1. The Bertz CT molecular complexity index is 193. The lowest BCUT2D eigenvalue weighted by Gasteiger charge is -2.21.